The number of benzene rings is 1. The third-order valence-electron chi connectivity index (χ3n) is 5.55. The van der Waals surface area contributed by atoms with Crippen LogP contribution in [0.2, 0.25) is 0 Å². The fraction of sp³-hybridized carbons (Fsp3) is 0.727. The molecule has 29 heavy (non-hydrogen) atoms. The summed E-state index contributed by atoms with van der Waals surface area (Å²) in [5.74, 6) is 1.38. The highest BCUT2D eigenvalue weighted by Gasteiger charge is 2.14. The quantitative estimate of drug-likeness (QED) is 0.474. The molecule has 1 heterocycles. The summed E-state index contributed by atoms with van der Waals surface area (Å²) in [7, 11) is 3.83. The van der Waals surface area contributed by atoms with Gasteiger partial charge in [0, 0.05) is 52.4 Å². The van der Waals surface area contributed by atoms with Crippen molar-refractivity contribution in [3.8, 4) is 11.5 Å². The van der Waals surface area contributed by atoms with Crippen molar-refractivity contribution in [3.63, 3.8) is 0 Å². The topological polar surface area (TPSA) is 60.4 Å². The predicted octanol–water partition coefficient (Wildman–Crippen LogP) is 1.11. The van der Waals surface area contributed by atoms with Crippen molar-refractivity contribution in [2.24, 2.45) is 0 Å². The number of piperazine rings is 1. The Hall–Kier alpha value is -1.38. The number of hydrogen-bond donors (Lipinski definition) is 2. The van der Waals surface area contributed by atoms with E-state index in [4.69, 9.17) is 9.47 Å². The summed E-state index contributed by atoms with van der Waals surface area (Å²) < 4.78 is 11.3. The third-order valence-corrected chi connectivity index (χ3v) is 5.55. The highest BCUT2D eigenvalue weighted by atomic mass is 16.5. The first kappa shape index (κ1) is 23.9. The predicted molar refractivity (Wildman–Crippen MR) is 118 cm³/mol. The van der Waals surface area contributed by atoms with E-state index in [0.717, 1.165) is 64.5 Å². The molecule has 7 nitrogen and oxygen atoms in total. The molecular weight excluding hydrogens is 368 g/mol. The molecular formula is C22H40N4O3. The molecule has 1 fully saturated rings. The van der Waals surface area contributed by atoms with Gasteiger partial charge in [0.25, 0.3) is 0 Å². The van der Waals surface area contributed by atoms with Crippen molar-refractivity contribution in [2.45, 2.75) is 26.5 Å². The lowest BCUT2D eigenvalue weighted by Crippen LogP contribution is -2.46. The second kappa shape index (κ2) is 13.0. The number of hydrogen-bond acceptors (Lipinski definition) is 7. The Kier molecular flexibility index (Phi) is 10.7. The maximum absolute atomic E-state index is 10.2. The van der Waals surface area contributed by atoms with Crippen molar-refractivity contribution in [1.29, 1.82) is 0 Å². The van der Waals surface area contributed by atoms with Crippen LogP contribution in [-0.4, -0.2) is 106 Å². The Morgan fingerprint density at radius 3 is 2.52 bits per heavy atom. The van der Waals surface area contributed by atoms with Crippen LogP contribution in [-0.2, 0) is 6.54 Å². The molecule has 1 aromatic rings. The average Bonchev–Trinajstić information content (AvgIpc) is 2.75. The van der Waals surface area contributed by atoms with E-state index >= 15 is 0 Å². The second-order valence-corrected chi connectivity index (χ2v) is 7.76. The van der Waals surface area contributed by atoms with E-state index < -0.39 is 6.10 Å². The van der Waals surface area contributed by atoms with Crippen LogP contribution in [0.15, 0.2) is 18.2 Å². The normalized spacial score (nSPS) is 16.9. The largest absolute Gasteiger partial charge is 0.493 e. The molecule has 0 aromatic heterocycles. The molecule has 0 bridgehead atoms. The van der Waals surface area contributed by atoms with Gasteiger partial charge in [0.05, 0.1) is 7.11 Å². The van der Waals surface area contributed by atoms with Crippen LogP contribution in [0.3, 0.4) is 0 Å². The highest BCUT2D eigenvalue weighted by molar-refractivity contribution is 5.43. The summed E-state index contributed by atoms with van der Waals surface area (Å²) in [6.07, 6.45) is -0.518. The molecule has 0 spiro atoms. The van der Waals surface area contributed by atoms with Gasteiger partial charge in [-0.1, -0.05) is 19.9 Å². The number of likely N-dealkylation sites (N-methyl/N-ethyl adjacent to an activating group) is 2. The van der Waals surface area contributed by atoms with Gasteiger partial charge < -0.3 is 29.7 Å². The number of nitrogens with zero attached hydrogens (tertiary/aromatic N) is 3. The van der Waals surface area contributed by atoms with E-state index in [0.29, 0.717) is 18.0 Å². The van der Waals surface area contributed by atoms with Crippen molar-refractivity contribution in [2.75, 3.05) is 79.7 Å². The molecule has 0 amide bonds. The molecule has 0 radical (unpaired) electrons. The molecule has 1 aliphatic rings. The minimum Gasteiger partial charge on any atom is -0.493 e. The molecule has 166 valence electrons. The van der Waals surface area contributed by atoms with Crippen molar-refractivity contribution < 1.29 is 14.6 Å². The first-order valence-electron chi connectivity index (χ1n) is 10.9. The lowest BCUT2D eigenvalue weighted by molar-refractivity contribution is 0.0705. The van der Waals surface area contributed by atoms with Crippen LogP contribution >= 0.6 is 0 Å². The van der Waals surface area contributed by atoms with Crippen molar-refractivity contribution >= 4 is 0 Å². The van der Waals surface area contributed by atoms with Gasteiger partial charge in [0.15, 0.2) is 11.5 Å². The van der Waals surface area contributed by atoms with Crippen LogP contribution in [0.25, 0.3) is 0 Å². The van der Waals surface area contributed by atoms with Crippen molar-refractivity contribution in [1.82, 2.24) is 20.0 Å². The molecule has 7 heteroatoms. The van der Waals surface area contributed by atoms with Crippen LogP contribution in [0, 0.1) is 0 Å². The van der Waals surface area contributed by atoms with Gasteiger partial charge in [-0.05, 0) is 37.8 Å². The molecule has 1 unspecified atom stereocenters. The zero-order chi connectivity index (χ0) is 21.1. The molecule has 2 N–H and O–H groups in total. The van der Waals surface area contributed by atoms with E-state index in [1.165, 1.54) is 0 Å². The maximum Gasteiger partial charge on any atom is 0.161 e. The van der Waals surface area contributed by atoms with E-state index in [-0.39, 0.29) is 6.61 Å². The van der Waals surface area contributed by atoms with Crippen LogP contribution in [0.1, 0.15) is 19.4 Å². The van der Waals surface area contributed by atoms with Gasteiger partial charge in [-0.3, -0.25) is 4.90 Å². The minimum atomic E-state index is -0.518. The summed E-state index contributed by atoms with van der Waals surface area (Å²) in [4.78, 5) is 7.07. The Balaban J connectivity index is 1.74. The fourth-order valence-electron chi connectivity index (χ4n) is 3.50. The van der Waals surface area contributed by atoms with Gasteiger partial charge in [0.2, 0.25) is 0 Å². The standard InChI is InChI=1S/C22H40N4O3/c1-5-25(6-2)17-20(27)18-29-21-8-7-19(15-22(21)28-4)16-23-9-10-26-13-11-24(3)12-14-26/h7-8,15,20,23,27H,5-6,9-14,16-18H2,1-4H3. The number of rotatable bonds is 13. The summed E-state index contributed by atoms with van der Waals surface area (Å²) in [5, 5.41) is 13.7. The summed E-state index contributed by atoms with van der Waals surface area (Å²) in [6.45, 7) is 14.4. The fourth-order valence-corrected chi connectivity index (χ4v) is 3.50. The highest BCUT2D eigenvalue weighted by Crippen LogP contribution is 2.28. The average molecular weight is 409 g/mol. The molecule has 0 saturated carbocycles. The van der Waals surface area contributed by atoms with Gasteiger partial charge >= 0.3 is 0 Å². The van der Waals surface area contributed by atoms with Crippen LogP contribution in [0.5, 0.6) is 11.5 Å². The smallest absolute Gasteiger partial charge is 0.161 e. The van der Waals surface area contributed by atoms with E-state index in [2.05, 4.69) is 47.0 Å². The van der Waals surface area contributed by atoms with Crippen LogP contribution < -0.4 is 14.8 Å². The van der Waals surface area contributed by atoms with E-state index in [1.807, 2.05) is 12.1 Å². The molecule has 1 aromatic carbocycles. The molecule has 1 atom stereocenters. The number of aliphatic hydroxyl groups is 1. The van der Waals surface area contributed by atoms with E-state index in [9.17, 15) is 5.11 Å². The lowest BCUT2D eigenvalue weighted by Gasteiger charge is -2.32. The maximum atomic E-state index is 10.2. The molecule has 2 rings (SSSR count). The number of methoxy groups -OCH3 is 1. The second-order valence-electron chi connectivity index (χ2n) is 7.76. The van der Waals surface area contributed by atoms with Crippen LogP contribution in [0.4, 0.5) is 0 Å². The first-order chi connectivity index (χ1) is 14.0. The summed E-state index contributed by atoms with van der Waals surface area (Å²) in [6, 6.07) is 5.99. The Labute approximate surface area is 176 Å². The Morgan fingerprint density at radius 2 is 1.86 bits per heavy atom. The van der Waals surface area contributed by atoms with Gasteiger partial charge in [-0.25, -0.2) is 0 Å². The number of aliphatic hydroxyl groups excluding tert-OH is 1. The Bertz CT molecular complexity index is 575. The number of ether oxygens (including phenoxy) is 2. The first-order valence-corrected chi connectivity index (χ1v) is 10.9. The zero-order valence-corrected chi connectivity index (χ0v) is 18.7. The molecule has 1 aliphatic heterocycles. The van der Waals surface area contributed by atoms with E-state index in [1.54, 1.807) is 7.11 Å². The van der Waals surface area contributed by atoms with Gasteiger partial charge in [-0.15, -0.1) is 0 Å². The zero-order valence-electron chi connectivity index (χ0n) is 18.7. The SMILES string of the molecule is CCN(CC)CC(O)COc1ccc(CNCCN2CCN(C)CC2)cc1OC. The summed E-state index contributed by atoms with van der Waals surface area (Å²) in [5.41, 5.74) is 1.16. The monoisotopic (exact) mass is 408 g/mol. The third kappa shape index (κ3) is 8.48. The summed E-state index contributed by atoms with van der Waals surface area (Å²) >= 11 is 0. The van der Waals surface area contributed by atoms with Gasteiger partial charge in [0.1, 0.15) is 12.7 Å². The van der Waals surface area contributed by atoms with Crippen molar-refractivity contribution in [3.05, 3.63) is 23.8 Å². The molecule has 0 aliphatic carbocycles. The number of nitrogens with one attached hydrogen (secondary N) is 1. The Morgan fingerprint density at radius 1 is 1.14 bits per heavy atom. The lowest BCUT2D eigenvalue weighted by atomic mass is 10.2. The van der Waals surface area contributed by atoms with Gasteiger partial charge in [-0.2, -0.15) is 0 Å². The molecule has 1 saturated heterocycles. The minimum absolute atomic E-state index is 0.259.